The van der Waals surface area contributed by atoms with Crippen molar-refractivity contribution in [1.82, 2.24) is 39.9 Å². The van der Waals surface area contributed by atoms with E-state index in [-0.39, 0.29) is 22.6 Å². The van der Waals surface area contributed by atoms with Gasteiger partial charge in [-0.3, -0.25) is 18.4 Å². The number of H-pyrrole nitrogens is 2. The van der Waals surface area contributed by atoms with Gasteiger partial charge in [-0.15, -0.1) is 0 Å². The summed E-state index contributed by atoms with van der Waals surface area (Å²) in [5, 5.41) is -1.50. The first-order chi connectivity index (χ1) is 35.3. The molecule has 0 bridgehead atoms. The molecule has 252 valence electrons. The highest BCUT2D eigenvalue weighted by atomic mass is 32.2. The zero-order valence-corrected chi connectivity index (χ0v) is 24.8. The standard InChI is InChI=1S/2C16H18N4O3S/c2*1-9-7-17-12(10(2)14(9)23-4)8-24(21)16-18-11-5-6-13(22-3)19-15(11)20-16/h2*5-7H,8H2,1-4H3,(H,18,19,20)/i2*1D3,2D3,3D3,4D3,7D,8D2/hD. The van der Waals surface area contributed by atoms with Gasteiger partial charge in [0.2, 0.25) is 11.8 Å². The fourth-order valence-corrected chi connectivity index (χ4v) is 5.03. The van der Waals surface area contributed by atoms with E-state index < -0.39 is 168 Å². The Hall–Kier alpha value is -4.96. The van der Waals surface area contributed by atoms with Gasteiger partial charge in [-0.1, -0.05) is 0 Å². The third-order valence-electron chi connectivity index (χ3n) is 5.62. The Labute approximate surface area is 325 Å². The molecule has 0 saturated heterocycles. The number of ether oxygens (including phenoxy) is 4. The van der Waals surface area contributed by atoms with Gasteiger partial charge in [-0.25, -0.2) is 9.97 Å². The van der Waals surface area contributed by atoms with E-state index in [4.69, 9.17) is 42.5 Å². The number of fused-ring (bicyclic) bond motifs is 2. The number of pyridine rings is 4. The van der Waals surface area contributed by atoms with Gasteiger partial charge in [0.15, 0.2) is 23.0 Å². The first-order valence-corrected chi connectivity index (χ1v) is 14.5. The monoisotopic (exact) mass is 723 g/mol. The van der Waals surface area contributed by atoms with E-state index in [0.717, 1.165) is 18.2 Å². The van der Waals surface area contributed by atoms with Gasteiger partial charge in [-0.05, 0) is 39.5 Å². The van der Waals surface area contributed by atoms with Gasteiger partial charge in [0, 0.05) is 68.7 Å². The van der Waals surface area contributed by atoms with E-state index in [1.165, 1.54) is 6.07 Å². The fraction of sp³-hybridized carbons (Fsp3) is 0.312. The summed E-state index contributed by atoms with van der Waals surface area (Å²) < 4.78 is 284. The summed E-state index contributed by atoms with van der Waals surface area (Å²) in [7, 11) is -18.7. The van der Waals surface area contributed by atoms with Crippen molar-refractivity contribution in [2.24, 2.45) is 0 Å². The summed E-state index contributed by atoms with van der Waals surface area (Å²) >= 11 is 0. The molecule has 6 aromatic rings. The average Bonchev–Trinajstić information content (AvgIpc) is 3.78. The second-order valence-corrected chi connectivity index (χ2v) is 10.7. The van der Waals surface area contributed by atoms with Crippen LogP contribution in [-0.4, -0.2) is 76.4 Å². The lowest BCUT2D eigenvalue weighted by molar-refractivity contribution is 0.399. The second-order valence-electron chi connectivity index (χ2n) is 8.51. The topological polar surface area (TPSA) is 180 Å². The molecule has 48 heavy (non-hydrogen) atoms. The minimum Gasteiger partial charge on any atom is -0.496 e. The Balaban J connectivity index is 0.000000291. The molecule has 2 unspecified atom stereocenters. The lowest BCUT2D eigenvalue weighted by atomic mass is 10.1. The van der Waals surface area contributed by atoms with Crippen LogP contribution in [0.1, 0.15) is 74.8 Å². The third kappa shape index (κ3) is 7.28. The van der Waals surface area contributed by atoms with Gasteiger partial charge >= 0.3 is 0 Å². The molecule has 16 heteroatoms. The molecule has 2 N–H and O–H groups in total. The first kappa shape index (κ1) is 12.5. The van der Waals surface area contributed by atoms with Crippen molar-refractivity contribution in [2.45, 2.75) is 49.1 Å². The van der Waals surface area contributed by atoms with Gasteiger partial charge in [0.25, 0.3) is 0 Å². The number of hydrogen-bond donors (Lipinski definition) is 2. The van der Waals surface area contributed by atoms with Crippen LogP contribution < -0.4 is 18.9 Å². The van der Waals surface area contributed by atoms with E-state index in [1.807, 2.05) is 0 Å². The SMILES string of the molecule is [2H]c1nc(C([2H])([2H])S(=O)c2nc3nc(OC([2H])([2H])[2H])ccc3[nH]2)c(C([2H])([2H])[2H])c(OC([2H])([2H])[2H])c1C([2H])([2H])[2H].[2H]c1nc(C([2H])([2H])S(=O)c2nc3nc(OC([2H])([2H])[2H])ccc3n2[2H])c(C([2H])([2H])[2H])c(OC([2H])([2H])[2H])c1C([2H])([2H])[2H]. The minimum atomic E-state index is -3.50. The quantitative estimate of drug-likeness (QED) is 0.201. The highest BCUT2D eigenvalue weighted by Crippen LogP contribution is 2.27. The highest BCUT2D eigenvalue weighted by molar-refractivity contribution is 7.84. The minimum absolute atomic E-state index is 0.0569. The molecule has 0 saturated carbocycles. The molecule has 6 aromatic heterocycles. The highest BCUT2D eigenvalue weighted by Gasteiger charge is 2.18. The lowest BCUT2D eigenvalue weighted by Crippen LogP contribution is -2.05. The van der Waals surface area contributed by atoms with Crippen LogP contribution in [0.3, 0.4) is 0 Å². The van der Waals surface area contributed by atoms with Crippen LogP contribution in [0.5, 0.6) is 23.3 Å². The molecule has 6 heterocycles. The molecule has 0 aromatic carbocycles. The summed E-state index contributed by atoms with van der Waals surface area (Å²) in [4.78, 5) is 25.0. The number of imidazole rings is 2. The zero-order valence-electron chi connectivity index (χ0n) is 54.2. The fourth-order valence-electron chi connectivity index (χ4n) is 3.47. The summed E-state index contributed by atoms with van der Waals surface area (Å²) in [6, 6.07) is 4.55. The second kappa shape index (κ2) is 14.9. The van der Waals surface area contributed by atoms with Crippen LogP contribution in [0.15, 0.2) is 46.9 Å². The van der Waals surface area contributed by atoms with Gasteiger partial charge in [0.1, 0.15) is 11.5 Å². The smallest absolute Gasteiger partial charge is 0.215 e. The van der Waals surface area contributed by atoms with E-state index in [1.54, 1.807) is 0 Å². The molecule has 14 nitrogen and oxygen atoms in total. The lowest BCUT2D eigenvalue weighted by Gasteiger charge is -2.11. The van der Waals surface area contributed by atoms with Crippen molar-refractivity contribution in [1.29, 1.82) is 0 Å². The maximum Gasteiger partial charge on any atom is 0.215 e. The van der Waals surface area contributed by atoms with Crippen LogP contribution in [0.2, 0.25) is 1.41 Å². The van der Waals surface area contributed by atoms with Crippen LogP contribution in [0.4, 0.5) is 0 Å². The van der Waals surface area contributed by atoms with E-state index >= 15 is 0 Å². The Morgan fingerprint density at radius 3 is 1.77 bits per heavy atom. The molecule has 0 spiro atoms. The summed E-state index contributed by atoms with van der Waals surface area (Å²) in [5.41, 5.74) is -15.2. The number of rotatable bonds is 10. The molecule has 0 aliphatic carbocycles. The molecular formula is C32H36N8O6S2. The molecule has 6 rings (SSSR count). The van der Waals surface area contributed by atoms with Gasteiger partial charge in [-0.2, -0.15) is 9.97 Å². The number of hydrogen-bond acceptors (Lipinski definition) is 12. The van der Waals surface area contributed by atoms with Crippen LogP contribution >= 0.6 is 0 Å². The molecule has 0 amide bonds. The molecule has 0 fully saturated rings. The number of methoxy groups -OCH3 is 4. The molecule has 0 radical (unpaired) electrons. The maximum atomic E-state index is 13.5. The molecule has 0 aliphatic heterocycles. The normalized spacial score (nSPS) is 24.5. The van der Waals surface area contributed by atoms with Crippen molar-refractivity contribution in [2.75, 3.05) is 28.2 Å². The number of aromatic amines is 2. The van der Waals surface area contributed by atoms with Crippen molar-refractivity contribution in [3.63, 3.8) is 0 Å². The Bertz CT molecular complexity index is 3340. The predicted octanol–water partition coefficient (Wildman–Crippen LogP) is 4.59. The van der Waals surface area contributed by atoms with Crippen LogP contribution in [0, 0.1) is 27.4 Å². The average molecular weight is 724 g/mol. The summed E-state index contributed by atoms with van der Waals surface area (Å²) in [5.74, 6) is -3.54. The van der Waals surface area contributed by atoms with Crippen molar-refractivity contribution in [3.8, 4) is 23.3 Å². The molecule has 2 atom stereocenters. The molecule has 0 aliphatic rings. The van der Waals surface area contributed by atoms with E-state index in [9.17, 15) is 8.42 Å². The van der Waals surface area contributed by atoms with Gasteiger partial charge < -0.3 is 28.9 Å². The Morgan fingerprint density at radius 1 is 0.708 bits per heavy atom. The van der Waals surface area contributed by atoms with E-state index in [0.29, 0.717) is 4.98 Å². The largest absolute Gasteiger partial charge is 0.496 e. The Kier molecular flexibility index (Phi) is 3.87. The van der Waals surface area contributed by atoms with Gasteiger partial charge in [0.05, 0.1) is 103 Å². The van der Waals surface area contributed by atoms with E-state index in [2.05, 4.69) is 53.8 Å². The van der Waals surface area contributed by atoms with Crippen molar-refractivity contribution >= 4 is 43.9 Å². The Morgan fingerprint density at radius 2 is 1.23 bits per heavy atom. The number of nitrogens with one attached hydrogen (secondary N) is 2. The van der Waals surface area contributed by atoms with Crippen molar-refractivity contribution in [3.05, 3.63) is 70.3 Å². The number of aromatic nitrogens is 8. The molecular weight excluding hydrogens is 657 g/mol. The first-order valence-electron chi connectivity index (χ1n) is 27.7. The van der Waals surface area contributed by atoms with Crippen LogP contribution in [0.25, 0.3) is 22.3 Å². The van der Waals surface area contributed by atoms with Crippen molar-refractivity contribution < 1.29 is 69.9 Å². The number of nitrogens with zero attached hydrogens (tertiary/aromatic N) is 6. The third-order valence-corrected chi connectivity index (χ3v) is 7.44. The summed E-state index contributed by atoms with van der Waals surface area (Å²) in [6.45, 7) is -13.6. The summed E-state index contributed by atoms with van der Waals surface area (Å²) in [6.07, 6.45) is -2.49. The maximum absolute atomic E-state index is 13.5. The zero-order chi connectivity index (χ0) is 60.7. The predicted molar refractivity (Wildman–Crippen MR) is 182 cm³/mol. The van der Waals surface area contributed by atoms with Crippen LogP contribution in [-0.2, 0) is 33.0 Å².